The van der Waals surface area contributed by atoms with Crippen molar-refractivity contribution < 1.29 is 18.0 Å². The van der Waals surface area contributed by atoms with E-state index in [0.29, 0.717) is 29.1 Å². The third-order valence-corrected chi connectivity index (χ3v) is 4.65. The first-order valence-corrected chi connectivity index (χ1v) is 9.09. The Balaban J connectivity index is 1.86. The van der Waals surface area contributed by atoms with Gasteiger partial charge in [-0.05, 0) is 39.7 Å². The lowest BCUT2D eigenvalue weighted by atomic mass is 10.1. The molecule has 0 saturated carbocycles. The summed E-state index contributed by atoms with van der Waals surface area (Å²) in [5.41, 5.74) is 2.39. The molecule has 3 aromatic heterocycles. The molecular formula is C18H22F3N7O. The number of carbonyl (C=O) groups excluding carboxylic acids is 1. The van der Waals surface area contributed by atoms with Gasteiger partial charge in [-0.15, -0.1) is 5.10 Å². The van der Waals surface area contributed by atoms with Crippen LogP contribution in [0.4, 0.5) is 18.9 Å². The highest BCUT2D eigenvalue weighted by Crippen LogP contribution is 2.27. The maximum absolute atomic E-state index is 12.9. The third kappa shape index (κ3) is 4.08. The van der Waals surface area contributed by atoms with Gasteiger partial charge in [0.1, 0.15) is 0 Å². The smallest absolute Gasteiger partial charge is 0.307 e. The fourth-order valence-corrected chi connectivity index (χ4v) is 3.31. The van der Waals surface area contributed by atoms with Crippen LogP contribution in [0.1, 0.15) is 43.0 Å². The quantitative estimate of drug-likeness (QED) is 0.647. The summed E-state index contributed by atoms with van der Waals surface area (Å²) in [6.07, 6.45) is -0.773. The van der Waals surface area contributed by atoms with Crippen molar-refractivity contribution >= 4 is 17.4 Å². The summed E-state index contributed by atoms with van der Waals surface area (Å²) in [7, 11) is 1.77. The van der Waals surface area contributed by atoms with Gasteiger partial charge in [-0.2, -0.15) is 23.3 Å². The number of alkyl halides is 3. The van der Waals surface area contributed by atoms with Gasteiger partial charge in [-0.25, -0.2) is 9.50 Å². The van der Waals surface area contributed by atoms with Crippen LogP contribution in [0.2, 0.25) is 0 Å². The predicted octanol–water partition coefficient (Wildman–Crippen LogP) is 2.87. The van der Waals surface area contributed by atoms with E-state index in [4.69, 9.17) is 0 Å². The van der Waals surface area contributed by atoms with Crippen LogP contribution in [-0.4, -0.2) is 41.3 Å². The topological polar surface area (TPSA) is 81.2 Å². The van der Waals surface area contributed by atoms with E-state index in [2.05, 4.69) is 20.2 Å². The predicted molar refractivity (Wildman–Crippen MR) is 99.4 cm³/mol. The van der Waals surface area contributed by atoms with Crippen molar-refractivity contribution in [3.8, 4) is 0 Å². The first-order valence-electron chi connectivity index (χ1n) is 9.09. The minimum Gasteiger partial charge on any atom is -0.307 e. The van der Waals surface area contributed by atoms with Crippen LogP contribution in [0.15, 0.2) is 12.4 Å². The lowest BCUT2D eigenvalue weighted by Crippen LogP contribution is -2.37. The van der Waals surface area contributed by atoms with E-state index in [1.807, 2.05) is 13.8 Å². The lowest BCUT2D eigenvalue weighted by Gasteiger charge is -2.25. The molecule has 29 heavy (non-hydrogen) atoms. The standard InChI is InChI=1S/C18H22F3N7O/c1-10(2)27(13-8-22-26(5)9-13)15(29)7-6-14-11(3)23-17-24-16(18(19,20)21)25-28(17)12(14)4/h8-10H,6-7H2,1-5H3. The van der Waals surface area contributed by atoms with E-state index >= 15 is 0 Å². The molecule has 8 nitrogen and oxygen atoms in total. The molecule has 0 fully saturated rings. The monoisotopic (exact) mass is 409 g/mol. The maximum atomic E-state index is 12.9. The van der Waals surface area contributed by atoms with Crippen LogP contribution in [0.3, 0.4) is 0 Å². The summed E-state index contributed by atoms with van der Waals surface area (Å²) >= 11 is 0. The van der Waals surface area contributed by atoms with Gasteiger partial charge in [0.15, 0.2) is 0 Å². The van der Waals surface area contributed by atoms with Gasteiger partial charge in [0.2, 0.25) is 5.91 Å². The highest BCUT2D eigenvalue weighted by Gasteiger charge is 2.37. The molecule has 0 unspecified atom stereocenters. The molecule has 0 N–H and O–H groups in total. The molecule has 0 radical (unpaired) electrons. The Bertz CT molecular complexity index is 1050. The number of fused-ring (bicyclic) bond motifs is 1. The zero-order valence-corrected chi connectivity index (χ0v) is 16.8. The van der Waals surface area contributed by atoms with Crippen LogP contribution in [0.5, 0.6) is 0 Å². The van der Waals surface area contributed by atoms with Crippen molar-refractivity contribution in [2.24, 2.45) is 7.05 Å². The highest BCUT2D eigenvalue weighted by molar-refractivity contribution is 5.93. The summed E-state index contributed by atoms with van der Waals surface area (Å²) in [5.74, 6) is -1.45. The summed E-state index contributed by atoms with van der Waals surface area (Å²) in [5, 5.41) is 7.65. The molecule has 0 atom stereocenters. The Labute approximate surface area is 165 Å². The molecule has 0 bridgehead atoms. The Morgan fingerprint density at radius 2 is 1.93 bits per heavy atom. The van der Waals surface area contributed by atoms with Crippen LogP contribution < -0.4 is 4.90 Å². The van der Waals surface area contributed by atoms with Crippen molar-refractivity contribution in [3.63, 3.8) is 0 Å². The average molecular weight is 409 g/mol. The van der Waals surface area contributed by atoms with Crippen LogP contribution in [-0.2, 0) is 24.4 Å². The number of aromatic nitrogens is 6. The normalized spacial score (nSPS) is 12.2. The molecule has 11 heteroatoms. The molecule has 0 spiro atoms. The Morgan fingerprint density at radius 1 is 1.24 bits per heavy atom. The SMILES string of the molecule is Cc1nc2nc(C(F)(F)F)nn2c(C)c1CCC(=O)N(c1cnn(C)c1)C(C)C. The third-order valence-electron chi connectivity index (χ3n) is 4.65. The number of carbonyl (C=O) groups is 1. The first kappa shape index (κ1) is 20.7. The number of rotatable bonds is 5. The largest absolute Gasteiger partial charge is 0.453 e. The van der Waals surface area contributed by atoms with Gasteiger partial charge >= 0.3 is 6.18 Å². The number of halogens is 3. The Hall–Kier alpha value is -2.98. The molecular weight excluding hydrogens is 387 g/mol. The second kappa shape index (κ2) is 7.45. The van der Waals surface area contributed by atoms with E-state index in [-0.39, 0.29) is 24.1 Å². The maximum Gasteiger partial charge on any atom is 0.453 e. The molecule has 1 amide bonds. The first-order chi connectivity index (χ1) is 13.5. The van der Waals surface area contributed by atoms with Crippen LogP contribution >= 0.6 is 0 Å². The Morgan fingerprint density at radius 3 is 2.48 bits per heavy atom. The number of anilines is 1. The van der Waals surface area contributed by atoms with E-state index in [9.17, 15) is 18.0 Å². The minimum atomic E-state index is -4.65. The minimum absolute atomic E-state index is 0.0702. The number of hydrogen-bond acceptors (Lipinski definition) is 5. The summed E-state index contributed by atoms with van der Waals surface area (Å²) in [6.45, 7) is 7.15. The van der Waals surface area contributed by atoms with E-state index in [1.165, 1.54) is 0 Å². The van der Waals surface area contributed by atoms with Crippen molar-refractivity contribution in [2.75, 3.05) is 4.90 Å². The highest BCUT2D eigenvalue weighted by atomic mass is 19.4. The molecule has 3 aromatic rings. The van der Waals surface area contributed by atoms with Crippen molar-refractivity contribution in [2.45, 2.75) is 52.8 Å². The van der Waals surface area contributed by atoms with E-state index in [1.54, 1.807) is 42.9 Å². The zero-order valence-electron chi connectivity index (χ0n) is 16.8. The van der Waals surface area contributed by atoms with Crippen LogP contribution in [0.25, 0.3) is 5.78 Å². The van der Waals surface area contributed by atoms with Gasteiger partial charge in [0.25, 0.3) is 11.6 Å². The second-order valence-corrected chi connectivity index (χ2v) is 7.14. The number of nitrogens with zero attached hydrogens (tertiary/aromatic N) is 7. The molecule has 0 aliphatic rings. The molecule has 0 aliphatic heterocycles. The number of aryl methyl sites for hydroxylation is 3. The van der Waals surface area contributed by atoms with E-state index in [0.717, 1.165) is 4.52 Å². The van der Waals surface area contributed by atoms with Gasteiger partial charge in [0.05, 0.1) is 11.9 Å². The fraction of sp³-hybridized carbons (Fsp3) is 0.500. The molecule has 156 valence electrons. The Kier molecular flexibility index (Phi) is 5.33. The van der Waals surface area contributed by atoms with Gasteiger partial charge in [0, 0.05) is 37.1 Å². The second-order valence-electron chi connectivity index (χ2n) is 7.14. The summed E-state index contributed by atoms with van der Waals surface area (Å²) < 4.78 is 41.4. The van der Waals surface area contributed by atoms with Gasteiger partial charge in [-0.3, -0.25) is 9.48 Å². The van der Waals surface area contributed by atoms with Crippen molar-refractivity contribution in [3.05, 3.63) is 35.2 Å². The molecule has 0 aromatic carbocycles. The summed E-state index contributed by atoms with van der Waals surface area (Å²) in [4.78, 5) is 22.1. The number of hydrogen-bond donors (Lipinski definition) is 0. The number of amides is 1. The summed E-state index contributed by atoms with van der Waals surface area (Å²) in [6, 6.07) is -0.0702. The van der Waals surface area contributed by atoms with Crippen molar-refractivity contribution in [1.82, 2.24) is 29.4 Å². The van der Waals surface area contributed by atoms with Crippen molar-refractivity contribution in [1.29, 1.82) is 0 Å². The van der Waals surface area contributed by atoms with Gasteiger partial charge in [-0.1, -0.05) is 0 Å². The van der Waals surface area contributed by atoms with Crippen LogP contribution in [0, 0.1) is 13.8 Å². The van der Waals surface area contributed by atoms with E-state index < -0.39 is 12.0 Å². The molecule has 0 aliphatic carbocycles. The van der Waals surface area contributed by atoms with Gasteiger partial charge < -0.3 is 4.90 Å². The molecule has 3 heterocycles. The average Bonchev–Trinajstić information content (AvgIpc) is 3.20. The fourth-order valence-electron chi connectivity index (χ4n) is 3.31. The zero-order chi connectivity index (χ0) is 21.5. The lowest BCUT2D eigenvalue weighted by molar-refractivity contribution is -0.144. The molecule has 0 saturated heterocycles. The molecule has 3 rings (SSSR count).